The average molecular weight is 353 g/mol. The minimum Gasteiger partial charge on any atom is -0.324 e. The number of nitrogens with two attached hydrogens (primary N) is 1. The van der Waals surface area contributed by atoms with Crippen LogP contribution >= 0.6 is 27.7 Å². The van der Waals surface area contributed by atoms with Gasteiger partial charge >= 0.3 is 0 Å². The summed E-state index contributed by atoms with van der Waals surface area (Å²) >= 11 is 5.13. The van der Waals surface area contributed by atoms with E-state index in [9.17, 15) is 4.79 Å². The second kappa shape index (κ2) is 4.91. The number of amides is 1. The van der Waals surface area contributed by atoms with Crippen molar-refractivity contribution >= 4 is 39.3 Å². The molecule has 1 aliphatic rings. The van der Waals surface area contributed by atoms with E-state index in [1.54, 1.807) is 11.8 Å². The Balaban J connectivity index is 1.98. The Morgan fingerprint density at radius 1 is 1.45 bits per heavy atom. The molecule has 3 rings (SSSR count). The standard InChI is InChI=1S/C13H13BrN4OS/c1-6-3-11(18(2)17-6)20-10-5-9-7(4-8(10)14)12(15)13(19)16-9/h3-5,12H,15H2,1-2H3,(H,16,19). The van der Waals surface area contributed by atoms with Gasteiger partial charge < -0.3 is 11.1 Å². The van der Waals surface area contributed by atoms with Crippen LogP contribution in [0.1, 0.15) is 17.3 Å². The molecule has 2 heterocycles. The van der Waals surface area contributed by atoms with Gasteiger partial charge in [-0.25, -0.2) is 0 Å². The van der Waals surface area contributed by atoms with Gasteiger partial charge in [0.05, 0.1) is 10.7 Å². The molecule has 0 aliphatic carbocycles. The van der Waals surface area contributed by atoms with E-state index in [0.717, 1.165) is 31.3 Å². The van der Waals surface area contributed by atoms with E-state index in [-0.39, 0.29) is 5.91 Å². The summed E-state index contributed by atoms with van der Waals surface area (Å²) in [6.45, 7) is 1.96. The maximum Gasteiger partial charge on any atom is 0.245 e. The van der Waals surface area contributed by atoms with Crippen molar-refractivity contribution in [2.45, 2.75) is 22.9 Å². The molecule has 0 spiro atoms. The summed E-state index contributed by atoms with van der Waals surface area (Å²) in [6.07, 6.45) is 0. The second-order valence-electron chi connectivity index (χ2n) is 4.69. The first kappa shape index (κ1) is 13.7. The monoisotopic (exact) mass is 352 g/mol. The molecule has 1 unspecified atom stereocenters. The Hall–Kier alpha value is -1.31. The quantitative estimate of drug-likeness (QED) is 0.871. The molecule has 3 N–H and O–H groups in total. The molecule has 5 nitrogen and oxygen atoms in total. The van der Waals surface area contributed by atoms with E-state index in [1.165, 1.54) is 0 Å². The van der Waals surface area contributed by atoms with E-state index in [4.69, 9.17) is 5.73 Å². The van der Waals surface area contributed by atoms with Crippen LogP contribution in [0.2, 0.25) is 0 Å². The predicted molar refractivity (Wildman–Crippen MR) is 81.8 cm³/mol. The van der Waals surface area contributed by atoms with Gasteiger partial charge in [-0.05, 0) is 41.1 Å². The fraction of sp³-hybridized carbons (Fsp3) is 0.231. The van der Waals surface area contributed by atoms with Gasteiger partial charge in [-0.3, -0.25) is 9.48 Å². The van der Waals surface area contributed by atoms with Crippen molar-refractivity contribution in [3.63, 3.8) is 0 Å². The van der Waals surface area contributed by atoms with Gasteiger partial charge in [-0.2, -0.15) is 5.10 Å². The van der Waals surface area contributed by atoms with E-state index < -0.39 is 6.04 Å². The first-order valence-electron chi connectivity index (χ1n) is 6.04. The van der Waals surface area contributed by atoms with E-state index in [2.05, 4.69) is 26.3 Å². The highest BCUT2D eigenvalue weighted by molar-refractivity contribution is 9.10. The molecule has 0 fully saturated rings. The summed E-state index contributed by atoms with van der Waals surface area (Å²) in [6, 6.07) is 5.29. The lowest BCUT2D eigenvalue weighted by Crippen LogP contribution is -2.19. The van der Waals surface area contributed by atoms with Crippen LogP contribution in [0.5, 0.6) is 0 Å². The second-order valence-corrected chi connectivity index (χ2v) is 6.60. The van der Waals surface area contributed by atoms with Crippen molar-refractivity contribution < 1.29 is 4.79 Å². The average Bonchev–Trinajstić information content (AvgIpc) is 2.83. The molecule has 0 bridgehead atoms. The van der Waals surface area contributed by atoms with Crippen molar-refractivity contribution in [3.05, 3.63) is 33.9 Å². The van der Waals surface area contributed by atoms with Crippen molar-refractivity contribution in [3.8, 4) is 0 Å². The van der Waals surface area contributed by atoms with Crippen LogP contribution in [0.15, 0.2) is 32.6 Å². The number of carbonyl (C=O) groups excluding carboxylic acids is 1. The molecule has 104 valence electrons. The Labute approximate surface area is 129 Å². The smallest absolute Gasteiger partial charge is 0.245 e. The van der Waals surface area contributed by atoms with Crippen LogP contribution in [0, 0.1) is 6.92 Å². The lowest BCUT2D eigenvalue weighted by molar-refractivity contribution is -0.116. The van der Waals surface area contributed by atoms with Crippen LogP contribution in [-0.4, -0.2) is 15.7 Å². The van der Waals surface area contributed by atoms with Crippen LogP contribution < -0.4 is 11.1 Å². The van der Waals surface area contributed by atoms with Crippen molar-refractivity contribution in [2.75, 3.05) is 5.32 Å². The number of hydrogen-bond donors (Lipinski definition) is 2. The van der Waals surface area contributed by atoms with E-state index in [1.807, 2.05) is 36.9 Å². The number of nitrogens with one attached hydrogen (secondary N) is 1. The summed E-state index contributed by atoms with van der Waals surface area (Å²) in [4.78, 5) is 12.6. The fourth-order valence-electron chi connectivity index (χ4n) is 2.16. The van der Waals surface area contributed by atoms with Gasteiger partial charge in [0.1, 0.15) is 6.04 Å². The number of rotatable bonds is 2. The van der Waals surface area contributed by atoms with Crippen molar-refractivity contribution in [1.29, 1.82) is 0 Å². The van der Waals surface area contributed by atoms with Crippen molar-refractivity contribution in [2.24, 2.45) is 12.8 Å². The third kappa shape index (κ3) is 2.25. The molecule has 1 aliphatic heterocycles. The predicted octanol–water partition coefficient (Wildman–Crippen LogP) is 2.59. The number of aromatic nitrogens is 2. The first-order chi connectivity index (χ1) is 9.45. The fourth-order valence-corrected chi connectivity index (χ4v) is 3.72. The molecular weight excluding hydrogens is 340 g/mol. The normalized spacial score (nSPS) is 17.2. The van der Waals surface area contributed by atoms with Crippen LogP contribution in [0.4, 0.5) is 5.69 Å². The van der Waals surface area contributed by atoms with Gasteiger partial charge in [-0.1, -0.05) is 11.8 Å². The number of aryl methyl sites for hydroxylation is 2. The maximum absolute atomic E-state index is 11.6. The van der Waals surface area contributed by atoms with Gasteiger partial charge in [-0.15, -0.1) is 0 Å². The lowest BCUT2D eigenvalue weighted by Gasteiger charge is -2.08. The van der Waals surface area contributed by atoms with Gasteiger partial charge in [0.2, 0.25) is 5.91 Å². The first-order valence-corrected chi connectivity index (χ1v) is 7.65. The molecule has 1 aromatic heterocycles. The SMILES string of the molecule is Cc1cc(Sc2cc3c(cc2Br)C(N)C(=O)N3)n(C)n1. The number of nitrogens with zero attached hydrogens (tertiary/aromatic N) is 2. The molecule has 0 radical (unpaired) electrons. The highest BCUT2D eigenvalue weighted by Gasteiger charge is 2.28. The Morgan fingerprint density at radius 2 is 2.20 bits per heavy atom. The maximum atomic E-state index is 11.6. The molecule has 1 atom stereocenters. The van der Waals surface area contributed by atoms with Gasteiger partial charge in [0.15, 0.2) is 0 Å². The zero-order valence-corrected chi connectivity index (χ0v) is 13.4. The summed E-state index contributed by atoms with van der Waals surface area (Å²) in [5, 5.41) is 8.16. The van der Waals surface area contributed by atoms with Gasteiger partial charge in [0, 0.05) is 27.7 Å². The zero-order valence-electron chi connectivity index (χ0n) is 11.0. The van der Waals surface area contributed by atoms with Crippen LogP contribution in [0.25, 0.3) is 0 Å². The molecule has 1 amide bonds. The number of carbonyl (C=O) groups is 1. The van der Waals surface area contributed by atoms with E-state index in [0.29, 0.717) is 0 Å². The summed E-state index contributed by atoms with van der Waals surface area (Å²) < 4.78 is 2.76. The number of benzene rings is 1. The molecule has 1 aromatic carbocycles. The topological polar surface area (TPSA) is 72.9 Å². The third-order valence-corrected chi connectivity index (χ3v) is 5.22. The summed E-state index contributed by atoms with van der Waals surface area (Å²) in [5.41, 5.74) is 8.42. The molecule has 2 aromatic rings. The lowest BCUT2D eigenvalue weighted by atomic mass is 10.1. The minimum atomic E-state index is -0.584. The van der Waals surface area contributed by atoms with E-state index >= 15 is 0 Å². The Morgan fingerprint density at radius 3 is 2.85 bits per heavy atom. The zero-order chi connectivity index (χ0) is 14.4. The summed E-state index contributed by atoms with van der Waals surface area (Å²) in [5.74, 6) is -0.162. The summed E-state index contributed by atoms with van der Waals surface area (Å²) in [7, 11) is 1.91. The highest BCUT2D eigenvalue weighted by Crippen LogP contribution is 2.40. The third-order valence-electron chi connectivity index (χ3n) is 3.15. The molecule has 0 saturated carbocycles. The van der Waals surface area contributed by atoms with Crippen molar-refractivity contribution in [1.82, 2.24) is 9.78 Å². The molecule has 7 heteroatoms. The number of fused-ring (bicyclic) bond motifs is 1. The van der Waals surface area contributed by atoms with Crippen LogP contribution in [-0.2, 0) is 11.8 Å². The largest absolute Gasteiger partial charge is 0.324 e. The number of halogens is 1. The number of anilines is 1. The van der Waals surface area contributed by atoms with Crippen LogP contribution in [0.3, 0.4) is 0 Å². The molecule has 20 heavy (non-hydrogen) atoms. The minimum absolute atomic E-state index is 0.162. The molecule has 0 saturated heterocycles. The molecular formula is C13H13BrN4OS. The Bertz CT molecular complexity index is 713. The van der Waals surface area contributed by atoms with Gasteiger partial charge in [0.25, 0.3) is 0 Å². The highest BCUT2D eigenvalue weighted by atomic mass is 79.9. The Kier molecular flexibility index (Phi) is 3.35. The number of hydrogen-bond acceptors (Lipinski definition) is 4.